The zero-order chi connectivity index (χ0) is 15.5. The number of amides is 1. The van der Waals surface area contributed by atoms with Crippen molar-refractivity contribution in [1.82, 2.24) is 9.88 Å². The highest BCUT2D eigenvalue weighted by atomic mass is 35.5. The Morgan fingerprint density at radius 1 is 1.35 bits per heavy atom. The van der Waals surface area contributed by atoms with E-state index >= 15 is 0 Å². The van der Waals surface area contributed by atoms with Gasteiger partial charge in [0.15, 0.2) is 5.69 Å². The number of halogens is 1. The van der Waals surface area contributed by atoms with E-state index in [1.54, 1.807) is 0 Å². The highest BCUT2D eigenvalue weighted by molar-refractivity contribution is 5.92. The molecule has 2 unspecified atom stereocenters. The van der Waals surface area contributed by atoms with Crippen LogP contribution in [0, 0.1) is 0 Å². The molecule has 3 rings (SSSR count). The maximum Gasteiger partial charge on any atom is 0.276 e. The minimum atomic E-state index is -0.0899. The van der Waals surface area contributed by atoms with Crippen molar-refractivity contribution in [3.8, 4) is 11.5 Å². The summed E-state index contributed by atoms with van der Waals surface area (Å²) in [5.41, 5.74) is 7.25. The first-order valence-electron chi connectivity index (χ1n) is 7.74. The van der Waals surface area contributed by atoms with Crippen molar-refractivity contribution >= 4 is 18.3 Å². The minimum Gasteiger partial charge on any atom is -0.444 e. The van der Waals surface area contributed by atoms with Gasteiger partial charge in [0.1, 0.15) is 6.26 Å². The average Bonchev–Trinajstić information content (AvgIpc) is 3.05. The third-order valence-electron chi connectivity index (χ3n) is 4.16. The van der Waals surface area contributed by atoms with Crippen LogP contribution >= 0.6 is 12.4 Å². The van der Waals surface area contributed by atoms with E-state index in [0.29, 0.717) is 11.6 Å². The lowest BCUT2D eigenvalue weighted by molar-refractivity contribution is 0.0577. The van der Waals surface area contributed by atoms with Crippen LogP contribution in [-0.4, -0.2) is 34.4 Å². The van der Waals surface area contributed by atoms with Crippen molar-refractivity contribution in [1.29, 1.82) is 0 Å². The van der Waals surface area contributed by atoms with Gasteiger partial charge in [-0.2, -0.15) is 0 Å². The molecule has 0 saturated carbocycles. The number of piperidine rings is 1. The first-order valence-corrected chi connectivity index (χ1v) is 7.74. The van der Waals surface area contributed by atoms with Crippen LogP contribution in [0.4, 0.5) is 0 Å². The zero-order valence-corrected chi connectivity index (χ0v) is 14.0. The Kier molecular flexibility index (Phi) is 5.80. The predicted molar refractivity (Wildman–Crippen MR) is 91.5 cm³/mol. The molecule has 1 aromatic heterocycles. The number of oxazole rings is 1. The predicted octanol–water partition coefficient (Wildman–Crippen LogP) is 3.11. The van der Waals surface area contributed by atoms with Crippen LogP contribution in [0.3, 0.4) is 0 Å². The molecule has 2 aromatic rings. The molecule has 2 atom stereocenters. The van der Waals surface area contributed by atoms with E-state index in [0.717, 1.165) is 31.4 Å². The van der Waals surface area contributed by atoms with Crippen molar-refractivity contribution in [2.24, 2.45) is 5.73 Å². The smallest absolute Gasteiger partial charge is 0.276 e. The molecule has 0 radical (unpaired) electrons. The molecule has 0 spiro atoms. The van der Waals surface area contributed by atoms with Gasteiger partial charge in [-0.25, -0.2) is 4.98 Å². The second kappa shape index (κ2) is 7.62. The van der Waals surface area contributed by atoms with Crippen molar-refractivity contribution in [2.45, 2.75) is 38.3 Å². The van der Waals surface area contributed by atoms with E-state index in [1.807, 2.05) is 42.2 Å². The summed E-state index contributed by atoms with van der Waals surface area (Å²) in [7, 11) is 0. The normalized spacial score (nSPS) is 19.0. The summed E-state index contributed by atoms with van der Waals surface area (Å²) in [4.78, 5) is 18.9. The quantitative estimate of drug-likeness (QED) is 0.935. The molecule has 1 aliphatic heterocycles. The molecular weight excluding hydrogens is 314 g/mol. The van der Waals surface area contributed by atoms with Gasteiger partial charge in [-0.3, -0.25) is 4.79 Å². The molecule has 1 fully saturated rings. The topological polar surface area (TPSA) is 72.4 Å². The fourth-order valence-electron chi connectivity index (χ4n) is 2.99. The fraction of sp³-hybridized carbons (Fsp3) is 0.412. The van der Waals surface area contributed by atoms with Gasteiger partial charge >= 0.3 is 0 Å². The van der Waals surface area contributed by atoms with Crippen LogP contribution in [-0.2, 0) is 0 Å². The Hall–Kier alpha value is -1.85. The number of benzene rings is 1. The number of nitrogens with two attached hydrogens (primary N) is 1. The molecule has 1 amide bonds. The van der Waals surface area contributed by atoms with Crippen molar-refractivity contribution in [2.75, 3.05) is 6.54 Å². The molecule has 124 valence electrons. The van der Waals surface area contributed by atoms with Gasteiger partial charge in [-0.05, 0) is 38.3 Å². The standard InChI is InChI=1S/C17H21N3O2.ClH/c1-12(18)15-9-5-6-10-20(15)17(21)14-11-22-16(19-14)13-7-3-2-4-8-13;/h2-4,7-8,11-12,15H,5-6,9-10,18H2,1H3;1H. The maximum absolute atomic E-state index is 12.7. The van der Waals surface area contributed by atoms with Gasteiger partial charge in [-0.15, -0.1) is 12.4 Å². The summed E-state index contributed by atoms with van der Waals surface area (Å²) in [6, 6.07) is 9.62. The first kappa shape index (κ1) is 17.5. The molecule has 5 nitrogen and oxygen atoms in total. The molecule has 6 heteroatoms. The number of hydrogen-bond acceptors (Lipinski definition) is 4. The summed E-state index contributed by atoms with van der Waals surface area (Å²) < 4.78 is 5.47. The largest absolute Gasteiger partial charge is 0.444 e. The van der Waals surface area contributed by atoms with Gasteiger partial charge in [0.25, 0.3) is 5.91 Å². The summed E-state index contributed by atoms with van der Waals surface area (Å²) in [6.45, 7) is 2.69. The Morgan fingerprint density at radius 2 is 2.09 bits per heavy atom. The number of aromatic nitrogens is 1. The summed E-state index contributed by atoms with van der Waals surface area (Å²) in [5.74, 6) is 0.381. The van der Waals surface area contributed by atoms with Gasteiger partial charge in [-0.1, -0.05) is 18.2 Å². The Morgan fingerprint density at radius 3 is 2.78 bits per heavy atom. The van der Waals surface area contributed by atoms with Crippen molar-refractivity contribution < 1.29 is 9.21 Å². The summed E-state index contributed by atoms with van der Waals surface area (Å²) in [5, 5.41) is 0. The third kappa shape index (κ3) is 3.74. The molecular formula is C17H22ClN3O2. The van der Waals surface area contributed by atoms with Crippen molar-refractivity contribution in [3.05, 3.63) is 42.3 Å². The molecule has 0 aliphatic carbocycles. The van der Waals surface area contributed by atoms with Gasteiger partial charge in [0, 0.05) is 24.2 Å². The molecule has 2 N–H and O–H groups in total. The number of nitrogens with zero attached hydrogens (tertiary/aromatic N) is 2. The monoisotopic (exact) mass is 335 g/mol. The van der Waals surface area contributed by atoms with Gasteiger partial charge < -0.3 is 15.1 Å². The molecule has 2 heterocycles. The zero-order valence-electron chi connectivity index (χ0n) is 13.1. The minimum absolute atomic E-state index is 0. The van der Waals surface area contributed by atoms with E-state index in [2.05, 4.69) is 4.98 Å². The number of likely N-dealkylation sites (tertiary alicyclic amines) is 1. The second-order valence-electron chi connectivity index (χ2n) is 5.82. The lowest BCUT2D eigenvalue weighted by atomic mass is 9.96. The molecule has 1 saturated heterocycles. The molecule has 23 heavy (non-hydrogen) atoms. The van der Waals surface area contributed by atoms with E-state index in [9.17, 15) is 4.79 Å². The Balaban J connectivity index is 0.00000192. The average molecular weight is 336 g/mol. The summed E-state index contributed by atoms with van der Waals surface area (Å²) in [6.07, 6.45) is 4.52. The second-order valence-corrected chi connectivity index (χ2v) is 5.82. The van der Waals surface area contributed by atoms with E-state index in [1.165, 1.54) is 6.26 Å². The van der Waals surface area contributed by atoms with Crippen LogP contribution < -0.4 is 5.73 Å². The number of carbonyl (C=O) groups excluding carboxylic acids is 1. The Labute approximate surface area is 142 Å². The number of rotatable bonds is 3. The van der Waals surface area contributed by atoms with Crippen LogP contribution in [0.15, 0.2) is 41.0 Å². The van der Waals surface area contributed by atoms with Gasteiger partial charge in [0.2, 0.25) is 5.89 Å². The van der Waals surface area contributed by atoms with E-state index < -0.39 is 0 Å². The summed E-state index contributed by atoms with van der Waals surface area (Å²) >= 11 is 0. The van der Waals surface area contributed by atoms with Crippen molar-refractivity contribution in [3.63, 3.8) is 0 Å². The van der Waals surface area contributed by atoms with Crippen LogP contribution in [0.25, 0.3) is 11.5 Å². The molecule has 0 bridgehead atoms. The lowest BCUT2D eigenvalue weighted by Gasteiger charge is -2.37. The molecule has 1 aliphatic rings. The van der Waals surface area contributed by atoms with Crippen LogP contribution in [0.5, 0.6) is 0 Å². The number of carbonyl (C=O) groups is 1. The van der Waals surface area contributed by atoms with E-state index in [-0.39, 0.29) is 30.4 Å². The Bertz CT molecular complexity index is 642. The maximum atomic E-state index is 12.7. The number of hydrogen-bond donors (Lipinski definition) is 1. The highest BCUT2D eigenvalue weighted by Crippen LogP contribution is 2.23. The highest BCUT2D eigenvalue weighted by Gasteiger charge is 2.31. The van der Waals surface area contributed by atoms with Gasteiger partial charge in [0.05, 0.1) is 0 Å². The lowest BCUT2D eigenvalue weighted by Crippen LogP contribution is -2.51. The van der Waals surface area contributed by atoms with Crippen LogP contribution in [0.2, 0.25) is 0 Å². The van der Waals surface area contributed by atoms with E-state index in [4.69, 9.17) is 10.2 Å². The SMILES string of the molecule is CC(N)C1CCCCN1C(=O)c1coc(-c2ccccc2)n1.Cl. The fourth-order valence-corrected chi connectivity index (χ4v) is 2.99. The third-order valence-corrected chi connectivity index (χ3v) is 4.16. The van der Waals surface area contributed by atoms with Crippen LogP contribution in [0.1, 0.15) is 36.7 Å². The first-order chi connectivity index (χ1) is 10.7. The molecule has 1 aromatic carbocycles.